The average Bonchev–Trinajstić information content (AvgIpc) is 3.36. The molecule has 0 unspecified atom stereocenters. The zero-order chi connectivity index (χ0) is 20.1. The molecule has 0 fully saturated rings. The highest BCUT2D eigenvalue weighted by molar-refractivity contribution is 9.11. The van der Waals surface area contributed by atoms with E-state index in [0.29, 0.717) is 11.4 Å². The van der Waals surface area contributed by atoms with Gasteiger partial charge >= 0.3 is 0 Å². The van der Waals surface area contributed by atoms with E-state index in [1.165, 1.54) is 11.3 Å². The molecule has 2 aromatic carbocycles. The molecule has 0 aliphatic carbocycles. The predicted molar refractivity (Wildman–Crippen MR) is 120 cm³/mol. The summed E-state index contributed by atoms with van der Waals surface area (Å²) in [6.45, 7) is 0.657. The van der Waals surface area contributed by atoms with Crippen LogP contribution in [0.3, 0.4) is 0 Å². The van der Waals surface area contributed by atoms with Crippen molar-refractivity contribution in [2.45, 2.75) is 6.54 Å². The van der Waals surface area contributed by atoms with Gasteiger partial charge in [-0.05, 0) is 33.6 Å². The van der Waals surface area contributed by atoms with Gasteiger partial charge in [0.15, 0.2) is 0 Å². The number of nitrogens with one attached hydrogen (secondary N) is 1. The standard InChI is InChI=1S/C22H17BrN4OS/c23-20-12-11-19(29-20)22(28)25-24-13-18-15-27(14-16-7-3-1-4-8-16)26-21(18)17-9-5-2-6-10-17/h1-13,15H,14H2,(H,25,28). The Morgan fingerprint density at radius 2 is 1.79 bits per heavy atom. The first-order chi connectivity index (χ1) is 14.2. The number of benzene rings is 2. The first-order valence-corrected chi connectivity index (χ1v) is 10.6. The van der Waals surface area contributed by atoms with Crippen molar-refractivity contribution in [2.75, 3.05) is 0 Å². The molecule has 0 atom stereocenters. The summed E-state index contributed by atoms with van der Waals surface area (Å²) in [7, 11) is 0. The van der Waals surface area contributed by atoms with E-state index in [-0.39, 0.29) is 5.91 Å². The second-order valence-electron chi connectivity index (χ2n) is 6.29. The van der Waals surface area contributed by atoms with Crippen LogP contribution in [0.25, 0.3) is 11.3 Å². The van der Waals surface area contributed by atoms with E-state index in [9.17, 15) is 4.79 Å². The molecular formula is C22H17BrN4OS. The number of hydrogen-bond acceptors (Lipinski definition) is 4. The Balaban J connectivity index is 1.57. The maximum Gasteiger partial charge on any atom is 0.281 e. The lowest BCUT2D eigenvalue weighted by Gasteiger charge is -2.01. The van der Waals surface area contributed by atoms with E-state index >= 15 is 0 Å². The first kappa shape index (κ1) is 19.3. The zero-order valence-electron chi connectivity index (χ0n) is 15.3. The molecule has 4 aromatic rings. The number of thiophene rings is 1. The Kier molecular flexibility index (Phi) is 5.97. The van der Waals surface area contributed by atoms with Gasteiger partial charge in [0.1, 0.15) is 5.69 Å². The van der Waals surface area contributed by atoms with Gasteiger partial charge in [-0.1, -0.05) is 60.7 Å². The molecule has 1 N–H and O–H groups in total. The Hall–Kier alpha value is -3.03. The highest BCUT2D eigenvalue weighted by Crippen LogP contribution is 2.22. The quantitative estimate of drug-likeness (QED) is 0.315. The topological polar surface area (TPSA) is 59.3 Å². The lowest BCUT2D eigenvalue weighted by atomic mass is 10.1. The molecular weight excluding hydrogens is 448 g/mol. The van der Waals surface area contributed by atoms with Crippen molar-refractivity contribution in [3.05, 3.63) is 98.8 Å². The molecule has 0 saturated carbocycles. The molecule has 144 valence electrons. The lowest BCUT2D eigenvalue weighted by molar-refractivity contribution is 0.0959. The molecule has 4 rings (SSSR count). The maximum absolute atomic E-state index is 12.2. The van der Waals surface area contributed by atoms with Gasteiger partial charge in [0.05, 0.1) is 21.4 Å². The summed E-state index contributed by atoms with van der Waals surface area (Å²) >= 11 is 4.72. The molecule has 29 heavy (non-hydrogen) atoms. The molecule has 0 saturated heterocycles. The minimum Gasteiger partial charge on any atom is -0.267 e. The van der Waals surface area contributed by atoms with Gasteiger partial charge < -0.3 is 0 Å². The van der Waals surface area contributed by atoms with Gasteiger partial charge in [-0.3, -0.25) is 9.48 Å². The van der Waals surface area contributed by atoms with Crippen LogP contribution in [-0.2, 0) is 6.54 Å². The van der Waals surface area contributed by atoms with Gasteiger partial charge in [0.25, 0.3) is 5.91 Å². The van der Waals surface area contributed by atoms with E-state index in [0.717, 1.165) is 26.2 Å². The summed E-state index contributed by atoms with van der Waals surface area (Å²) in [6.07, 6.45) is 3.57. The van der Waals surface area contributed by atoms with Crippen LogP contribution in [0.5, 0.6) is 0 Å². The predicted octanol–water partition coefficient (Wildman–Crippen LogP) is 5.19. The van der Waals surface area contributed by atoms with Crippen LogP contribution in [0, 0.1) is 0 Å². The van der Waals surface area contributed by atoms with Crippen molar-refractivity contribution in [3.8, 4) is 11.3 Å². The molecule has 2 heterocycles. The number of rotatable bonds is 6. The van der Waals surface area contributed by atoms with Crippen LogP contribution >= 0.6 is 27.3 Å². The number of halogens is 1. The third-order valence-electron chi connectivity index (χ3n) is 4.19. The lowest BCUT2D eigenvalue weighted by Crippen LogP contribution is -2.16. The smallest absolute Gasteiger partial charge is 0.267 e. The van der Waals surface area contributed by atoms with E-state index < -0.39 is 0 Å². The van der Waals surface area contributed by atoms with E-state index in [1.54, 1.807) is 12.3 Å². The number of nitrogens with zero attached hydrogens (tertiary/aromatic N) is 3. The molecule has 0 aliphatic heterocycles. The first-order valence-electron chi connectivity index (χ1n) is 8.94. The van der Waals surface area contributed by atoms with E-state index in [4.69, 9.17) is 5.10 Å². The monoisotopic (exact) mass is 464 g/mol. The van der Waals surface area contributed by atoms with Crippen LogP contribution in [0.1, 0.15) is 20.8 Å². The van der Waals surface area contributed by atoms with Crippen molar-refractivity contribution in [2.24, 2.45) is 5.10 Å². The van der Waals surface area contributed by atoms with E-state index in [2.05, 4.69) is 38.6 Å². The molecule has 7 heteroatoms. The number of carbonyl (C=O) groups excluding carboxylic acids is 1. The Morgan fingerprint density at radius 3 is 2.48 bits per heavy atom. The molecule has 0 aliphatic rings. The van der Waals surface area contributed by atoms with Crippen molar-refractivity contribution in [1.29, 1.82) is 0 Å². The molecule has 5 nitrogen and oxygen atoms in total. The van der Waals surface area contributed by atoms with Gasteiger partial charge in [-0.15, -0.1) is 11.3 Å². The van der Waals surface area contributed by atoms with Crippen LogP contribution < -0.4 is 5.43 Å². The molecule has 2 aromatic heterocycles. The minimum atomic E-state index is -0.241. The fourth-order valence-electron chi connectivity index (χ4n) is 2.85. The zero-order valence-corrected chi connectivity index (χ0v) is 17.7. The van der Waals surface area contributed by atoms with Gasteiger partial charge in [0.2, 0.25) is 0 Å². The highest BCUT2D eigenvalue weighted by atomic mass is 79.9. The van der Waals surface area contributed by atoms with Crippen molar-refractivity contribution in [3.63, 3.8) is 0 Å². The van der Waals surface area contributed by atoms with Gasteiger partial charge in [0, 0.05) is 17.3 Å². The van der Waals surface area contributed by atoms with Crippen molar-refractivity contribution in [1.82, 2.24) is 15.2 Å². The number of hydrazone groups is 1. The van der Waals surface area contributed by atoms with Crippen molar-refractivity contribution >= 4 is 39.4 Å². The molecule has 0 bridgehead atoms. The molecule has 0 radical (unpaired) electrons. The van der Waals surface area contributed by atoms with Crippen molar-refractivity contribution < 1.29 is 4.79 Å². The summed E-state index contributed by atoms with van der Waals surface area (Å²) in [5, 5.41) is 8.89. The number of carbonyl (C=O) groups is 1. The number of amides is 1. The SMILES string of the molecule is O=C(NN=Cc1cn(Cc2ccccc2)nc1-c1ccccc1)c1ccc(Br)s1. The maximum atomic E-state index is 12.2. The van der Waals surface area contributed by atoms with E-state index in [1.807, 2.05) is 65.5 Å². The number of aromatic nitrogens is 2. The van der Waals surface area contributed by atoms with Crippen LogP contribution in [0.4, 0.5) is 0 Å². The fraction of sp³-hybridized carbons (Fsp3) is 0.0455. The summed E-state index contributed by atoms with van der Waals surface area (Å²) in [4.78, 5) is 12.8. The highest BCUT2D eigenvalue weighted by Gasteiger charge is 2.11. The Morgan fingerprint density at radius 1 is 1.07 bits per heavy atom. The largest absolute Gasteiger partial charge is 0.281 e. The van der Waals surface area contributed by atoms with Crippen LogP contribution in [0.2, 0.25) is 0 Å². The third kappa shape index (κ3) is 4.88. The van der Waals surface area contributed by atoms with Crippen LogP contribution in [0.15, 0.2) is 87.9 Å². The summed E-state index contributed by atoms with van der Waals surface area (Å²) in [5.41, 5.74) is 6.39. The summed E-state index contributed by atoms with van der Waals surface area (Å²) in [5.74, 6) is -0.241. The normalized spacial score (nSPS) is 11.1. The summed E-state index contributed by atoms with van der Waals surface area (Å²) < 4.78 is 2.79. The average molecular weight is 465 g/mol. The third-order valence-corrected chi connectivity index (χ3v) is 5.81. The summed E-state index contributed by atoms with van der Waals surface area (Å²) in [6, 6.07) is 23.7. The fourth-order valence-corrected chi connectivity index (χ4v) is 4.13. The van der Waals surface area contributed by atoms with Gasteiger partial charge in [-0.25, -0.2) is 5.43 Å². The Bertz CT molecular complexity index is 1140. The second kappa shape index (κ2) is 8.98. The molecule has 0 spiro atoms. The van der Waals surface area contributed by atoms with Gasteiger partial charge in [-0.2, -0.15) is 10.2 Å². The second-order valence-corrected chi connectivity index (χ2v) is 8.75. The van der Waals surface area contributed by atoms with Crippen LogP contribution in [-0.4, -0.2) is 21.9 Å². The minimum absolute atomic E-state index is 0.241. The Labute approximate surface area is 180 Å². The molecule has 1 amide bonds. The number of hydrogen-bond donors (Lipinski definition) is 1.